The highest BCUT2D eigenvalue weighted by Gasteiger charge is 2.35. The van der Waals surface area contributed by atoms with E-state index in [0.717, 1.165) is 22.6 Å². The van der Waals surface area contributed by atoms with Crippen LogP contribution in [0.15, 0.2) is 42.5 Å². The molecule has 2 aromatic carbocycles. The number of ether oxygens (including phenoxy) is 1. The van der Waals surface area contributed by atoms with Gasteiger partial charge in [0.1, 0.15) is 0 Å². The van der Waals surface area contributed by atoms with Gasteiger partial charge in [-0.15, -0.1) is 0 Å². The van der Waals surface area contributed by atoms with Crippen LogP contribution in [0.5, 0.6) is 0 Å². The second-order valence-corrected chi connectivity index (χ2v) is 9.63. The van der Waals surface area contributed by atoms with Crippen LogP contribution in [0, 0.1) is 5.92 Å². The van der Waals surface area contributed by atoms with E-state index in [-0.39, 0.29) is 13.0 Å². The smallest absolute Gasteiger partial charge is 0.315 e. The second-order valence-electron chi connectivity index (χ2n) is 9.63. The van der Waals surface area contributed by atoms with E-state index in [1.54, 1.807) is 0 Å². The number of benzene rings is 2. The predicted octanol–water partition coefficient (Wildman–Crippen LogP) is 8.65. The summed E-state index contributed by atoms with van der Waals surface area (Å²) in [6.45, 7) is 2.26. The summed E-state index contributed by atoms with van der Waals surface area (Å²) in [6, 6.07) is 14.7. The standard InChI is InChI=1S/C28H36F2O/c1-2-3-4-5-6-7-21-8-10-22(11-9-21)23-12-14-24(15-13-23)25-16-17-26-19-28(29,30)31-20-27(26)18-25/h12-18,21-22H,2-11,19-20H2,1H3. The minimum atomic E-state index is -3.04. The molecule has 1 saturated carbocycles. The fourth-order valence-electron chi connectivity index (χ4n) is 5.34. The number of alkyl halides is 2. The van der Waals surface area contributed by atoms with Gasteiger partial charge in [-0.2, -0.15) is 8.78 Å². The van der Waals surface area contributed by atoms with Crippen LogP contribution in [0.25, 0.3) is 11.1 Å². The van der Waals surface area contributed by atoms with Gasteiger partial charge >= 0.3 is 6.11 Å². The monoisotopic (exact) mass is 426 g/mol. The Morgan fingerprint density at radius 2 is 1.55 bits per heavy atom. The summed E-state index contributed by atoms with van der Waals surface area (Å²) in [7, 11) is 0. The molecule has 4 rings (SSSR count). The SMILES string of the molecule is CCCCCCCC1CCC(c2ccc(-c3ccc4c(c3)COC(F)(F)C4)cc2)CC1. The third-order valence-electron chi connectivity index (χ3n) is 7.32. The molecule has 0 spiro atoms. The zero-order valence-corrected chi connectivity index (χ0v) is 18.8. The van der Waals surface area contributed by atoms with Crippen molar-refractivity contribution in [3.63, 3.8) is 0 Å². The minimum Gasteiger partial charge on any atom is -0.315 e. The zero-order chi connectivity index (χ0) is 21.7. The van der Waals surface area contributed by atoms with Gasteiger partial charge in [-0.3, -0.25) is 0 Å². The lowest BCUT2D eigenvalue weighted by molar-refractivity contribution is -0.250. The molecule has 1 aliphatic heterocycles. The number of unbranched alkanes of at least 4 members (excludes halogenated alkanes) is 4. The van der Waals surface area contributed by atoms with Crippen LogP contribution in [-0.2, 0) is 17.8 Å². The van der Waals surface area contributed by atoms with Gasteiger partial charge in [0, 0.05) is 0 Å². The van der Waals surface area contributed by atoms with Gasteiger partial charge in [0.15, 0.2) is 0 Å². The van der Waals surface area contributed by atoms with E-state index in [2.05, 4.69) is 31.2 Å². The van der Waals surface area contributed by atoms with Gasteiger partial charge in [-0.25, -0.2) is 0 Å². The Bertz CT molecular complexity index is 835. The van der Waals surface area contributed by atoms with Gasteiger partial charge < -0.3 is 4.74 Å². The van der Waals surface area contributed by atoms with Crippen LogP contribution in [0.1, 0.15) is 93.7 Å². The third-order valence-corrected chi connectivity index (χ3v) is 7.32. The van der Waals surface area contributed by atoms with Crippen molar-refractivity contribution in [3.8, 4) is 11.1 Å². The van der Waals surface area contributed by atoms with Crippen molar-refractivity contribution >= 4 is 0 Å². The molecule has 2 aromatic rings. The van der Waals surface area contributed by atoms with Crippen LogP contribution in [-0.4, -0.2) is 6.11 Å². The molecule has 0 radical (unpaired) electrons. The van der Waals surface area contributed by atoms with Crippen LogP contribution >= 0.6 is 0 Å². The van der Waals surface area contributed by atoms with Gasteiger partial charge in [-0.1, -0.05) is 81.8 Å². The maximum atomic E-state index is 13.4. The fraction of sp³-hybridized carbons (Fsp3) is 0.571. The molecule has 3 heteroatoms. The summed E-state index contributed by atoms with van der Waals surface area (Å²) in [5, 5.41) is 0. The van der Waals surface area contributed by atoms with Crippen molar-refractivity contribution < 1.29 is 13.5 Å². The summed E-state index contributed by atoms with van der Waals surface area (Å²) >= 11 is 0. The molecule has 1 nitrogen and oxygen atoms in total. The molecule has 0 unspecified atom stereocenters. The average molecular weight is 427 g/mol. The molecule has 0 atom stereocenters. The lowest BCUT2D eigenvalue weighted by Gasteiger charge is -2.29. The molecule has 0 N–H and O–H groups in total. The van der Waals surface area contributed by atoms with Crippen molar-refractivity contribution in [3.05, 3.63) is 59.2 Å². The topological polar surface area (TPSA) is 9.23 Å². The number of fused-ring (bicyclic) bond motifs is 1. The highest BCUT2D eigenvalue weighted by molar-refractivity contribution is 5.65. The van der Waals surface area contributed by atoms with E-state index in [1.165, 1.54) is 69.8 Å². The lowest BCUT2D eigenvalue weighted by Crippen LogP contribution is -2.28. The molecule has 0 aromatic heterocycles. The Kier molecular flexibility index (Phi) is 7.43. The van der Waals surface area contributed by atoms with E-state index in [0.29, 0.717) is 11.5 Å². The van der Waals surface area contributed by atoms with Gasteiger partial charge in [0.25, 0.3) is 0 Å². The normalized spacial score (nSPS) is 22.8. The van der Waals surface area contributed by atoms with Gasteiger partial charge in [0.2, 0.25) is 0 Å². The lowest BCUT2D eigenvalue weighted by atomic mass is 9.77. The van der Waals surface area contributed by atoms with E-state index in [4.69, 9.17) is 4.74 Å². The Morgan fingerprint density at radius 3 is 2.29 bits per heavy atom. The van der Waals surface area contributed by atoms with Crippen molar-refractivity contribution in [2.45, 2.75) is 96.2 Å². The van der Waals surface area contributed by atoms with E-state index in [1.807, 2.05) is 18.2 Å². The van der Waals surface area contributed by atoms with Crippen LogP contribution in [0.2, 0.25) is 0 Å². The van der Waals surface area contributed by atoms with Crippen molar-refractivity contribution in [2.75, 3.05) is 0 Å². The first kappa shape index (κ1) is 22.5. The maximum absolute atomic E-state index is 13.4. The predicted molar refractivity (Wildman–Crippen MR) is 123 cm³/mol. The third kappa shape index (κ3) is 5.94. The molecule has 0 saturated heterocycles. The van der Waals surface area contributed by atoms with Crippen molar-refractivity contribution in [1.82, 2.24) is 0 Å². The molecule has 0 amide bonds. The highest BCUT2D eigenvalue weighted by atomic mass is 19.3. The largest absolute Gasteiger partial charge is 0.360 e. The fourth-order valence-corrected chi connectivity index (χ4v) is 5.34. The van der Waals surface area contributed by atoms with Gasteiger partial charge in [0.05, 0.1) is 13.0 Å². The first-order valence-corrected chi connectivity index (χ1v) is 12.3. The van der Waals surface area contributed by atoms with Crippen LogP contribution < -0.4 is 0 Å². The Balaban J connectivity index is 1.30. The highest BCUT2D eigenvalue weighted by Crippen LogP contribution is 2.39. The molecule has 1 heterocycles. The molecule has 1 fully saturated rings. The molecular weight excluding hydrogens is 390 g/mol. The molecular formula is C28H36F2O. The Labute approximate surface area is 186 Å². The quantitative estimate of drug-likeness (QED) is 0.384. The molecule has 1 aliphatic carbocycles. The molecule has 0 bridgehead atoms. The van der Waals surface area contributed by atoms with Gasteiger partial charge in [-0.05, 0) is 71.4 Å². The number of halogens is 2. The minimum absolute atomic E-state index is 0.0178. The maximum Gasteiger partial charge on any atom is 0.360 e. The van der Waals surface area contributed by atoms with E-state index >= 15 is 0 Å². The van der Waals surface area contributed by atoms with Crippen LogP contribution in [0.4, 0.5) is 8.78 Å². The number of rotatable bonds is 8. The van der Waals surface area contributed by atoms with E-state index in [9.17, 15) is 8.78 Å². The summed E-state index contributed by atoms with van der Waals surface area (Å²) in [6.07, 6.45) is 10.3. The van der Waals surface area contributed by atoms with Crippen molar-refractivity contribution in [1.29, 1.82) is 0 Å². The Hall–Kier alpha value is -1.74. The molecule has 31 heavy (non-hydrogen) atoms. The molecule has 2 aliphatic rings. The zero-order valence-electron chi connectivity index (χ0n) is 18.8. The number of hydrogen-bond acceptors (Lipinski definition) is 1. The first-order valence-electron chi connectivity index (χ1n) is 12.3. The molecule has 168 valence electrons. The average Bonchev–Trinajstić information content (AvgIpc) is 2.79. The van der Waals surface area contributed by atoms with Crippen LogP contribution in [0.3, 0.4) is 0 Å². The van der Waals surface area contributed by atoms with E-state index < -0.39 is 6.11 Å². The second kappa shape index (κ2) is 10.3. The summed E-state index contributed by atoms with van der Waals surface area (Å²) in [5.41, 5.74) is 5.24. The first-order chi connectivity index (χ1) is 15.0. The summed E-state index contributed by atoms with van der Waals surface area (Å²) in [5.74, 6) is 1.62. The number of hydrogen-bond donors (Lipinski definition) is 0. The van der Waals surface area contributed by atoms with Crippen molar-refractivity contribution in [2.24, 2.45) is 5.92 Å². The summed E-state index contributed by atoms with van der Waals surface area (Å²) in [4.78, 5) is 0. The summed E-state index contributed by atoms with van der Waals surface area (Å²) < 4.78 is 31.6. The Morgan fingerprint density at radius 1 is 0.839 bits per heavy atom.